The molecule has 0 bridgehead atoms. The first kappa shape index (κ1) is 12.0. The molecular weight excluding hydrogens is 220 g/mol. The Bertz CT molecular complexity index is 514. The lowest BCUT2D eigenvalue weighted by molar-refractivity contribution is 1.47. The highest BCUT2D eigenvalue weighted by Gasteiger charge is 1.96. The van der Waals surface area contributed by atoms with Gasteiger partial charge in [-0.15, -0.1) is 0 Å². The first-order valence-corrected chi connectivity index (χ1v) is 7.12. The third kappa shape index (κ3) is 3.24. The SMILES string of the molecule is CC(C)=[SiH]c1ccc(-c2ccc(C)cc2)cc1. The Kier molecular flexibility index (Phi) is 3.70. The zero-order chi connectivity index (χ0) is 12.3. The molecule has 2 aromatic rings. The molecule has 0 saturated heterocycles. The lowest BCUT2D eigenvalue weighted by atomic mass is 10.0. The number of benzene rings is 2. The van der Waals surface area contributed by atoms with Crippen molar-refractivity contribution in [3.8, 4) is 11.1 Å². The van der Waals surface area contributed by atoms with E-state index in [-0.39, 0.29) is 0 Å². The molecule has 0 heterocycles. The number of hydrogen-bond acceptors (Lipinski definition) is 0. The number of aryl methyl sites for hydroxylation is 1. The second kappa shape index (κ2) is 5.24. The van der Waals surface area contributed by atoms with E-state index in [1.165, 1.54) is 27.0 Å². The fourth-order valence-corrected chi connectivity index (χ4v) is 2.90. The molecule has 0 atom stereocenters. The average molecular weight is 238 g/mol. The summed E-state index contributed by atoms with van der Waals surface area (Å²) in [5, 5.41) is 3.01. The fraction of sp³-hybridized carbons (Fsp3) is 0.188. The van der Waals surface area contributed by atoms with Crippen LogP contribution in [0.2, 0.25) is 0 Å². The molecule has 2 rings (SSSR count). The first-order chi connectivity index (χ1) is 8.15. The van der Waals surface area contributed by atoms with E-state index < -0.39 is 0 Å². The van der Waals surface area contributed by atoms with Crippen LogP contribution in [0.3, 0.4) is 0 Å². The molecule has 0 nitrogen and oxygen atoms in total. The quantitative estimate of drug-likeness (QED) is 0.706. The molecule has 0 aliphatic carbocycles. The molecule has 0 radical (unpaired) electrons. The Morgan fingerprint density at radius 2 is 1.24 bits per heavy atom. The van der Waals surface area contributed by atoms with Gasteiger partial charge in [-0.3, -0.25) is 0 Å². The Labute approximate surface area is 106 Å². The van der Waals surface area contributed by atoms with Crippen LogP contribution in [-0.4, -0.2) is 14.3 Å². The summed E-state index contributed by atoms with van der Waals surface area (Å²) in [6.45, 7) is 6.54. The van der Waals surface area contributed by atoms with Crippen LogP contribution in [0, 0.1) is 6.92 Å². The van der Waals surface area contributed by atoms with Crippen LogP contribution in [0.1, 0.15) is 19.4 Å². The molecule has 0 amide bonds. The second-order valence-corrected chi connectivity index (χ2v) is 6.82. The number of rotatable bonds is 2. The first-order valence-electron chi connectivity index (χ1n) is 5.97. The summed E-state index contributed by atoms with van der Waals surface area (Å²) in [5.74, 6) is 0. The summed E-state index contributed by atoms with van der Waals surface area (Å²) in [4.78, 5) is 0. The summed E-state index contributed by atoms with van der Waals surface area (Å²) < 4.78 is 0. The minimum Gasteiger partial charge on any atom is -0.0939 e. The molecule has 2 aromatic carbocycles. The van der Waals surface area contributed by atoms with E-state index in [1.807, 2.05) is 0 Å². The van der Waals surface area contributed by atoms with Gasteiger partial charge in [0.15, 0.2) is 0 Å². The number of hydrogen-bond donors (Lipinski definition) is 0. The lowest BCUT2D eigenvalue weighted by Gasteiger charge is -2.03. The third-order valence-electron chi connectivity index (χ3n) is 2.75. The monoisotopic (exact) mass is 238 g/mol. The molecule has 0 N–H and O–H groups in total. The van der Waals surface area contributed by atoms with E-state index in [1.54, 1.807) is 0 Å². The molecule has 0 spiro atoms. The highest BCUT2D eigenvalue weighted by atomic mass is 28.2. The maximum atomic E-state index is 2.26. The van der Waals surface area contributed by atoms with Gasteiger partial charge in [0.25, 0.3) is 0 Å². The largest absolute Gasteiger partial charge is 0.0939 e. The van der Waals surface area contributed by atoms with Gasteiger partial charge in [-0.2, -0.15) is 0 Å². The van der Waals surface area contributed by atoms with Crippen LogP contribution in [0.4, 0.5) is 0 Å². The fourth-order valence-electron chi connectivity index (χ4n) is 1.85. The molecule has 0 aliphatic heterocycles. The molecule has 17 heavy (non-hydrogen) atoms. The zero-order valence-electron chi connectivity index (χ0n) is 10.7. The van der Waals surface area contributed by atoms with Gasteiger partial charge in [-0.25, -0.2) is 0 Å². The van der Waals surface area contributed by atoms with Crippen LogP contribution in [0.5, 0.6) is 0 Å². The molecule has 0 aromatic heterocycles. The van der Waals surface area contributed by atoms with Crippen molar-refractivity contribution in [1.82, 2.24) is 0 Å². The molecule has 0 saturated carbocycles. The van der Waals surface area contributed by atoms with Gasteiger partial charge in [0.2, 0.25) is 0 Å². The van der Waals surface area contributed by atoms with Crippen LogP contribution in [0.15, 0.2) is 48.5 Å². The topological polar surface area (TPSA) is 0 Å². The van der Waals surface area contributed by atoms with Crippen molar-refractivity contribution in [3.05, 3.63) is 54.1 Å². The second-order valence-electron chi connectivity index (χ2n) is 4.71. The van der Waals surface area contributed by atoms with Gasteiger partial charge >= 0.3 is 0 Å². The summed E-state index contributed by atoms with van der Waals surface area (Å²) in [6.07, 6.45) is 0. The lowest BCUT2D eigenvalue weighted by Crippen LogP contribution is -2.11. The van der Waals surface area contributed by atoms with E-state index in [9.17, 15) is 0 Å². The van der Waals surface area contributed by atoms with E-state index in [4.69, 9.17) is 0 Å². The van der Waals surface area contributed by atoms with Crippen LogP contribution < -0.4 is 5.19 Å². The highest BCUT2D eigenvalue weighted by molar-refractivity contribution is 6.65. The standard InChI is InChI=1S/C16H18Si/c1-12(2)17-16-10-8-15(9-11-16)14-6-4-13(3)5-7-14/h4-11,17H,1-3H3. The third-order valence-corrected chi connectivity index (χ3v) is 4.05. The summed E-state index contributed by atoms with van der Waals surface area (Å²) in [7, 11) is 0.334. The Morgan fingerprint density at radius 1 is 0.765 bits per heavy atom. The Hall–Kier alpha value is -1.47. The molecule has 0 unspecified atom stereocenters. The minimum atomic E-state index is 0.334. The van der Waals surface area contributed by atoms with Gasteiger partial charge in [0, 0.05) is 9.13 Å². The summed E-state index contributed by atoms with van der Waals surface area (Å²) in [5.41, 5.74) is 3.92. The van der Waals surface area contributed by atoms with E-state index >= 15 is 0 Å². The minimum absolute atomic E-state index is 0.334. The van der Waals surface area contributed by atoms with Gasteiger partial charge < -0.3 is 0 Å². The predicted octanol–water partition coefficient (Wildman–Crippen LogP) is 2.94. The molecule has 0 aliphatic rings. The molecule has 1 heteroatoms. The highest BCUT2D eigenvalue weighted by Crippen LogP contribution is 2.18. The van der Waals surface area contributed by atoms with Gasteiger partial charge in [-0.05, 0) is 37.1 Å². The van der Waals surface area contributed by atoms with Crippen molar-refractivity contribution in [2.24, 2.45) is 0 Å². The maximum Gasteiger partial charge on any atom is 0.0279 e. The smallest absolute Gasteiger partial charge is 0.0279 e. The van der Waals surface area contributed by atoms with Crippen LogP contribution in [-0.2, 0) is 0 Å². The van der Waals surface area contributed by atoms with Gasteiger partial charge in [-0.1, -0.05) is 59.3 Å². The molecule has 0 fully saturated rings. The normalized spacial score (nSPS) is 10.1. The maximum absolute atomic E-state index is 2.26. The van der Waals surface area contributed by atoms with Crippen molar-refractivity contribution in [2.75, 3.05) is 0 Å². The van der Waals surface area contributed by atoms with Gasteiger partial charge in [0.05, 0.1) is 0 Å². The van der Waals surface area contributed by atoms with E-state index in [0.29, 0.717) is 9.13 Å². The van der Waals surface area contributed by atoms with Crippen molar-refractivity contribution in [3.63, 3.8) is 0 Å². The molecular formula is C16H18Si. The Morgan fingerprint density at radius 3 is 1.71 bits per heavy atom. The summed E-state index contributed by atoms with van der Waals surface area (Å²) >= 11 is 0. The Balaban J connectivity index is 2.29. The molecule has 86 valence electrons. The van der Waals surface area contributed by atoms with E-state index in [2.05, 4.69) is 69.3 Å². The van der Waals surface area contributed by atoms with E-state index in [0.717, 1.165) is 0 Å². The van der Waals surface area contributed by atoms with Crippen LogP contribution >= 0.6 is 0 Å². The van der Waals surface area contributed by atoms with Crippen molar-refractivity contribution >= 4 is 19.5 Å². The zero-order valence-corrected chi connectivity index (χ0v) is 11.9. The van der Waals surface area contributed by atoms with Gasteiger partial charge in [0.1, 0.15) is 0 Å². The van der Waals surface area contributed by atoms with Crippen molar-refractivity contribution < 1.29 is 0 Å². The summed E-state index contributed by atoms with van der Waals surface area (Å²) in [6, 6.07) is 17.7. The average Bonchev–Trinajstić information content (AvgIpc) is 2.30. The van der Waals surface area contributed by atoms with Crippen LogP contribution in [0.25, 0.3) is 11.1 Å². The van der Waals surface area contributed by atoms with Crippen molar-refractivity contribution in [1.29, 1.82) is 0 Å². The van der Waals surface area contributed by atoms with Crippen molar-refractivity contribution in [2.45, 2.75) is 20.8 Å². The predicted molar refractivity (Wildman–Crippen MR) is 79.8 cm³/mol.